The van der Waals surface area contributed by atoms with Crippen molar-refractivity contribution >= 4 is 27.4 Å². The molecular formula is C10H14BrN3O4. The van der Waals surface area contributed by atoms with Crippen molar-refractivity contribution in [1.29, 1.82) is 0 Å². The lowest BCUT2D eigenvalue weighted by Crippen LogP contribution is -2.45. The first-order chi connectivity index (χ1) is 8.48. The monoisotopic (exact) mass is 319 g/mol. The van der Waals surface area contributed by atoms with Crippen LogP contribution in [0.1, 0.15) is 13.3 Å². The van der Waals surface area contributed by atoms with Gasteiger partial charge < -0.3 is 15.5 Å². The molecule has 0 bridgehead atoms. The minimum atomic E-state index is -1.02. The second kappa shape index (κ2) is 6.07. The number of nitrogens with zero attached hydrogens (tertiary/aromatic N) is 2. The molecule has 0 atom stereocenters. The number of hydrogen-bond donors (Lipinski definition) is 3. The van der Waals surface area contributed by atoms with Gasteiger partial charge in [-0.25, -0.2) is 4.98 Å². The number of aliphatic hydroxyl groups excluding tert-OH is 2. The maximum Gasteiger partial charge on any atom is 0.312 e. The van der Waals surface area contributed by atoms with Gasteiger partial charge >= 0.3 is 5.69 Å². The fourth-order valence-corrected chi connectivity index (χ4v) is 1.68. The quantitative estimate of drug-likeness (QED) is 0.538. The van der Waals surface area contributed by atoms with Gasteiger partial charge in [0.05, 0.1) is 23.7 Å². The minimum Gasteiger partial charge on any atom is -0.394 e. The molecule has 1 rings (SSSR count). The zero-order valence-corrected chi connectivity index (χ0v) is 11.3. The molecule has 0 amide bonds. The summed E-state index contributed by atoms with van der Waals surface area (Å²) in [4.78, 5) is 14.2. The van der Waals surface area contributed by atoms with Crippen LogP contribution in [0.3, 0.4) is 0 Å². The first-order valence-corrected chi connectivity index (χ1v) is 6.07. The summed E-state index contributed by atoms with van der Waals surface area (Å²) < 4.78 is 0.481. The van der Waals surface area contributed by atoms with Gasteiger partial charge in [-0.05, 0) is 22.4 Å². The highest BCUT2D eigenvalue weighted by atomic mass is 79.9. The Morgan fingerprint density at radius 1 is 1.56 bits per heavy atom. The number of hydrogen-bond acceptors (Lipinski definition) is 6. The van der Waals surface area contributed by atoms with Gasteiger partial charge in [-0.2, -0.15) is 0 Å². The number of rotatable bonds is 6. The maximum atomic E-state index is 10.9. The van der Waals surface area contributed by atoms with Crippen LogP contribution < -0.4 is 5.32 Å². The molecule has 8 heteroatoms. The predicted octanol–water partition coefficient (Wildman–Crippen LogP) is 1.30. The van der Waals surface area contributed by atoms with Crippen molar-refractivity contribution in [2.45, 2.75) is 18.9 Å². The van der Waals surface area contributed by atoms with Crippen LogP contribution in [-0.4, -0.2) is 38.9 Å². The standard InChI is InChI=1S/C10H14BrN3O4/c1-2-10(5-15,6-16)13-9-8(14(17)18)3-7(11)4-12-9/h3-4,15-16H,2,5-6H2,1H3,(H,12,13). The molecule has 18 heavy (non-hydrogen) atoms. The summed E-state index contributed by atoms with van der Waals surface area (Å²) >= 11 is 3.10. The van der Waals surface area contributed by atoms with Crippen LogP contribution >= 0.6 is 15.9 Å². The van der Waals surface area contributed by atoms with E-state index >= 15 is 0 Å². The molecule has 0 unspecified atom stereocenters. The zero-order valence-electron chi connectivity index (χ0n) is 9.76. The Balaban J connectivity index is 3.13. The van der Waals surface area contributed by atoms with Crippen LogP contribution in [0, 0.1) is 10.1 Å². The molecule has 0 aliphatic carbocycles. The number of nitro groups is 1. The van der Waals surface area contributed by atoms with Crippen molar-refractivity contribution in [2.75, 3.05) is 18.5 Å². The normalized spacial score (nSPS) is 11.3. The number of pyridine rings is 1. The van der Waals surface area contributed by atoms with E-state index in [0.29, 0.717) is 10.9 Å². The first-order valence-electron chi connectivity index (χ1n) is 5.28. The molecule has 0 aliphatic rings. The molecule has 100 valence electrons. The highest BCUT2D eigenvalue weighted by Gasteiger charge is 2.30. The lowest BCUT2D eigenvalue weighted by atomic mass is 9.98. The highest BCUT2D eigenvalue weighted by molar-refractivity contribution is 9.10. The van der Waals surface area contributed by atoms with E-state index in [1.54, 1.807) is 6.92 Å². The van der Waals surface area contributed by atoms with Crippen LogP contribution in [0.2, 0.25) is 0 Å². The average Bonchev–Trinajstić information content (AvgIpc) is 2.37. The van der Waals surface area contributed by atoms with E-state index in [1.165, 1.54) is 12.3 Å². The van der Waals surface area contributed by atoms with E-state index in [2.05, 4.69) is 26.2 Å². The number of nitrogens with one attached hydrogen (secondary N) is 1. The molecule has 0 saturated heterocycles. The Bertz CT molecular complexity index is 429. The highest BCUT2D eigenvalue weighted by Crippen LogP contribution is 2.28. The molecule has 0 saturated carbocycles. The van der Waals surface area contributed by atoms with Crippen molar-refractivity contribution in [3.05, 3.63) is 26.9 Å². The molecule has 1 heterocycles. The van der Waals surface area contributed by atoms with Crippen LogP contribution in [-0.2, 0) is 0 Å². The summed E-state index contributed by atoms with van der Waals surface area (Å²) in [5.74, 6) is 0.0214. The lowest BCUT2D eigenvalue weighted by Gasteiger charge is -2.29. The van der Waals surface area contributed by atoms with Gasteiger partial charge in [-0.1, -0.05) is 6.92 Å². The number of halogens is 1. The van der Waals surface area contributed by atoms with Crippen molar-refractivity contribution < 1.29 is 15.1 Å². The minimum absolute atomic E-state index is 0.0214. The Hall–Kier alpha value is -1.25. The topological polar surface area (TPSA) is 109 Å². The van der Waals surface area contributed by atoms with Crippen LogP contribution in [0.5, 0.6) is 0 Å². The smallest absolute Gasteiger partial charge is 0.312 e. The van der Waals surface area contributed by atoms with Gasteiger partial charge in [0.2, 0.25) is 5.82 Å². The SMILES string of the molecule is CCC(CO)(CO)Nc1ncc(Br)cc1[N+](=O)[O-]. The van der Waals surface area contributed by atoms with Crippen LogP contribution in [0.25, 0.3) is 0 Å². The third-order valence-corrected chi connectivity index (χ3v) is 3.13. The van der Waals surface area contributed by atoms with E-state index in [0.717, 1.165) is 0 Å². The third kappa shape index (κ3) is 3.15. The first kappa shape index (κ1) is 14.8. The van der Waals surface area contributed by atoms with Crippen LogP contribution in [0.15, 0.2) is 16.7 Å². The molecule has 7 nitrogen and oxygen atoms in total. The lowest BCUT2D eigenvalue weighted by molar-refractivity contribution is -0.384. The van der Waals surface area contributed by atoms with E-state index in [-0.39, 0.29) is 24.7 Å². The third-order valence-electron chi connectivity index (χ3n) is 2.70. The number of aromatic nitrogens is 1. The zero-order chi connectivity index (χ0) is 13.8. The molecule has 0 spiro atoms. The Kier molecular flexibility index (Phi) is 5.00. The van der Waals surface area contributed by atoms with Gasteiger partial charge in [-0.15, -0.1) is 0 Å². The van der Waals surface area contributed by atoms with E-state index < -0.39 is 10.5 Å². The molecule has 1 aromatic heterocycles. The second-order valence-electron chi connectivity index (χ2n) is 3.85. The van der Waals surface area contributed by atoms with E-state index in [4.69, 9.17) is 0 Å². The summed E-state index contributed by atoms with van der Waals surface area (Å²) in [6.07, 6.45) is 1.80. The van der Waals surface area contributed by atoms with Gasteiger partial charge in [0.1, 0.15) is 0 Å². The van der Waals surface area contributed by atoms with Crippen molar-refractivity contribution in [3.8, 4) is 0 Å². The van der Waals surface area contributed by atoms with Gasteiger partial charge in [0, 0.05) is 16.7 Å². The number of aliphatic hydroxyl groups is 2. The largest absolute Gasteiger partial charge is 0.394 e. The summed E-state index contributed by atoms with van der Waals surface area (Å²) in [5.41, 5.74) is -1.24. The second-order valence-corrected chi connectivity index (χ2v) is 4.77. The Labute approximate surface area is 112 Å². The fraction of sp³-hybridized carbons (Fsp3) is 0.500. The van der Waals surface area contributed by atoms with Crippen molar-refractivity contribution in [1.82, 2.24) is 4.98 Å². The van der Waals surface area contributed by atoms with Crippen LogP contribution in [0.4, 0.5) is 11.5 Å². The average molecular weight is 320 g/mol. The molecule has 3 N–H and O–H groups in total. The Morgan fingerprint density at radius 3 is 2.61 bits per heavy atom. The van der Waals surface area contributed by atoms with Gasteiger partial charge in [0.25, 0.3) is 0 Å². The van der Waals surface area contributed by atoms with Crippen molar-refractivity contribution in [2.24, 2.45) is 0 Å². The molecular weight excluding hydrogens is 306 g/mol. The number of anilines is 1. The molecule has 0 radical (unpaired) electrons. The predicted molar refractivity (Wildman–Crippen MR) is 69.4 cm³/mol. The molecule has 0 fully saturated rings. The summed E-state index contributed by atoms with van der Waals surface area (Å²) in [7, 11) is 0. The molecule has 0 aromatic carbocycles. The Morgan fingerprint density at radius 2 is 2.17 bits per heavy atom. The van der Waals surface area contributed by atoms with E-state index in [1.807, 2.05) is 0 Å². The van der Waals surface area contributed by atoms with Crippen molar-refractivity contribution in [3.63, 3.8) is 0 Å². The summed E-state index contributed by atoms with van der Waals surface area (Å²) in [6, 6.07) is 1.31. The maximum absolute atomic E-state index is 10.9. The summed E-state index contributed by atoms with van der Waals surface area (Å²) in [6.45, 7) is 1.05. The van der Waals surface area contributed by atoms with Gasteiger partial charge in [-0.3, -0.25) is 10.1 Å². The summed E-state index contributed by atoms with van der Waals surface area (Å²) in [5, 5.41) is 32.2. The molecule has 0 aliphatic heterocycles. The molecule has 1 aromatic rings. The van der Waals surface area contributed by atoms with Gasteiger partial charge in [0.15, 0.2) is 0 Å². The fourth-order valence-electron chi connectivity index (χ4n) is 1.36. The van der Waals surface area contributed by atoms with E-state index in [9.17, 15) is 20.3 Å².